The van der Waals surface area contributed by atoms with Crippen LogP contribution in [0.15, 0.2) is 42.5 Å². The summed E-state index contributed by atoms with van der Waals surface area (Å²) in [5.74, 6) is -1.46. The van der Waals surface area contributed by atoms with E-state index in [0.29, 0.717) is 44.2 Å². The lowest BCUT2D eigenvalue weighted by molar-refractivity contribution is -0.138. The molecule has 180 valence electrons. The summed E-state index contributed by atoms with van der Waals surface area (Å²) in [6, 6.07) is 13.0. The highest BCUT2D eigenvalue weighted by Gasteiger charge is 2.37. The molecule has 5 nitrogen and oxygen atoms in total. The number of fused-ring (bicyclic) bond motifs is 3. The molecular weight excluding hydrogens is 454 g/mol. The number of carbonyl (C=O) groups excluding carboxylic acids is 1. The maximum atomic E-state index is 12.9. The van der Waals surface area contributed by atoms with Crippen LogP contribution in [0.1, 0.15) is 49.3 Å². The average molecular weight is 483 g/mol. The molecule has 0 saturated carbocycles. The Kier molecular flexibility index (Phi) is 8.38. The van der Waals surface area contributed by atoms with Crippen molar-refractivity contribution in [2.24, 2.45) is 0 Å². The van der Waals surface area contributed by atoms with E-state index >= 15 is 0 Å². The van der Waals surface area contributed by atoms with Crippen LogP contribution in [0.3, 0.4) is 0 Å². The molecule has 33 heavy (non-hydrogen) atoms. The summed E-state index contributed by atoms with van der Waals surface area (Å²) in [7, 11) is -3.13. The molecule has 0 radical (unpaired) electrons. The van der Waals surface area contributed by atoms with E-state index in [1.54, 1.807) is 26.0 Å². The van der Waals surface area contributed by atoms with E-state index in [0.717, 1.165) is 22.3 Å². The Labute approximate surface area is 192 Å². The van der Waals surface area contributed by atoms with E-state index in [2.05, 4.69) is 5.32 Å². The van der Waals surface area contributed by atoms with Gasteiger partial charge in [-0.2, -0.15) is 13.2 Å². The van der Waals surface area contributed by atoms with Crippen LogP contribution in [-0.4, -0.2) is 38.0 Å². The van der Waals surface area contributed by atoms with Crippen LogP contribution in [0.2, 0.25) is 0 Å². The molecule has 0 fully saturated rings. The lowest BCUT2D eigenvalue weighted by atomic mass is 9.90. The molecule has 2 aromatic carbocycles. The van der Waals surface area contributed by atoms with E-state index < -0.39 is 32.1 Å². The van der Waals surface area contributed by atoms with Gasteiger partial charge < -0.3 is 14.4 Å². The van der Waals surface area contributed by atoms with Crippen molar-refractivity contribution in [3.8, 4) is 11.1 Å². The van der Waals surface area contributed by atoms with Crippen molar-refractivity contribution in [2.45, 2.75) is 45.2 Å². The second kappa shape index (κ2) is 10.9. The SMILES string of the molecule is CCOP(=O)(CCCCc1cccc2c1C(C(=O)NCC(F)(F)F)c1ccccc1-2)OCC. The fourth-order valence-electron chi connectivity index (χ4n) is 4.30. The first kappa shape index (κ1) is 25.5. The minimum atomic E-state index is -4.48. The Morgan fingerprint density at radius 3 is 2.33 bits per heavy atom. The van der Waals surface area contributed by atoms with Gasteiger partial charge in [0, 0.05) is 0 Å². The molecule has 0 aromatic heterocycles. The largest absolute Gasteiger partial charge is 0.405 e. The third-order valence-corrected chi connectivity index (χ3v) is 7.72. The Morgan fingerprint density at radius 2 is 1.67 bits per heavy atom. The van der Waals surface area contributed by atoms with Gasteiger partial charge in [0.1, 0.15) is 6.54 Å². The maximum absolute atomic E-state index is 12.9. The van der Waals surface area contributed by atoms with Gasteiger partial charge in [-0.3, -0.25) is 9.36 Å². The number of halogens is 3. The number of aryl methyl sites for hydroxylation is 1. The van der Waals surface area contributed by atoms with Gasteiger partial charge in [0.15, 0.2) is 0 Å². The number of carbonyl (C=O) groups is 1. The number of alkyl halides is 3. The van der Waals surface area contributed by atoms with Gasteiger partial charge in [0.2, 0.25) is 5.91 Å². The number of nitrogens with one attached hydrogen (secondary N) is 1. The van der Waals surface area contributed by atoms with Crippen LogP contribution in [0.4, 0.5) is 13.2 Å². The Morgan fingerprint density at radius 1 is 1.00 bits per heavy atom. The predicted octanol–water partition coefficient (Wildman–Crippen LogP) is 6.07. The van der Waals surface area contributed by atoms with Gasteiger partial charge >= 0.3 is 13.8 Å². The molecule has 0 bridgehead atoms. The van der Waals surface area contributed by atoms with E-state index in [4.69, 9.17) is 9.05 Å². The normalized spacial score (nSPS) is 15.2. The van der Waals surface area contributed by atoms with E-state index in [9.17, 15) is 22.5 Å². The predicted molar refractivity (Wildman–Crippen MR) is 121 cm³/mol. The number of benzene rings is 2. The van der Waals surface area contributed by atoms with E-state index in [-0.39, 0.29) is 0 Å². The van der Waals surface area contributed by atoms with Crippen molar-refractivity contribution in [1.82, 2.24) is 5.32 Å². The molecular formula is C24H29F3NO4P. The van der Waals surface area contributed by atoms with Gasteiger partial charge in [0.05, 0.1) is 25.3 Å². The van der Waals surface area contributed by atoms with Gasteiger partial charge in [-0.05, 0) is 60.9 Å². The van der Waals surface area contributed by atoms with Crippen molar-refractivity contribution in [3.63, 3.8) is 0 Å². The van der Waals surface area contributed by atoms with E-state index in [1.165, 1.54) is 0 Å². The number of unbranched alkanes of at least 4 members (excludes halogenated alkanes) is 1. The molecule has 1 N–H and O–H groups in total. The Hall–Kier alpha value is -2.15. The number of hydrogen-bond acceptors (Lipinski definition) is 4. The summed E-state index contributed by atoms with van der Waals surface area (Å²) in [6.07, 6.45) is -2.32. The van der Waals surface area contributed by atoms with Crippen LogP contribution in [0, 0.1) is 0 Å². The summed E-state index contributed by atoms with van der Waals surface area (Å²) in [6.45, 7) is 2.76. The number of hydrogen-bond donors (Lipinski definition) is 1. The summed E-state index contributed by atoms with van der Waals surface area (Å²) >= 11 is 0. The molecule has 1 unspecified atom stereocenters. The Balaban J connectivity index is 1.80. The van der Waals surface area contributed by atoms with E-state index in [1.807, 2.05) is 30.3 Å². The fourth-order valence-corrected chi connectivity index (χ4v) is 6.03. The van der Waals surface area contributed by atoms with Crippen LogP contribution in [0.25, 0.3) is 11.1 Å². The molecule has 0 aliphatic heterocycles. The van der Waals surface area contributed by atoms with Gasteiger partial charge in [-0.1, -0.05) is 42.5 Å². The van der Waals surface area contributed by atoms with Gasteiger partial charge in [0.25, 0.3) is 0 Å². The molecule has 0 heterocycles. The quantitative estimate of drug-likeness (QED) is 0.311. The number of rotatable bonds is 11. The Bertz CT molecular complexity index is 1020. The zero-order valence-corrected chi connectivity index (χ0v) is 19.7. The molecule has 1 atom stereocenters. The zero-order chi connectivity index (χ0) is 24.1. The minimum Gasteiger partial charge on any atom is -0.346 e. The monoisotopic (exact) mass is 483 g/mol. The third-order valence-electron chi connectivity index (χ3n) is 5.55. The van der Waals surface area contributed by atoms with Crippen molar-refractivity contribution >= 4 is 13.5 Å². The summed E-state index contributed by atoms with van der Waals surface area (Å²) in [4.78, 5) is 12.9. The molecule has 0 saturated heterocycles. The minimum absolute atomic E-state index is 0.291. The average Bonchev–Trinajstić information content (AvgIpc) is 3.10. The zero-order valence-electron chi connectivity index (χ0n) is 18.8. The van der Waals surface area contributed by atoms with Gasteiger partial charge in [-0.15, -0.1) is 0 Å². The highest BCUT2D eigenvalue weighted by atomic mass is 31.2. The van der Waals surface area contributed by atoms with Crippen molar-refractivity contribution in [1.29, 1.82) is 0 Å². The fraction of sp³-hybridized carbons (Fsp3) is 0.458. The summed E-state index contributed by atoms with van der Waals surface area (Å²) in [5, 5.41) is 2.05. The topological polar surface area (TPSA) is 64.6 Å². The van der Waals surface area contributed by atoms with Crippen LogP contribution < -0.4 is 5.32 Å². The maximum Gasteiger partial charge on any atom is 0.405 e. The third kappa shape index (κ3) is 6.25. The second-order valence-electron chi connectivity index (χ2n) is 7.86. The molecule has 9 heteroatoms. The smallest absolute Gasteiger partial charge is 0.346 e. The first-order chi connectivity index (χ1) is 15.7. The van der Waals surface area contributed by atoms with Crippen molar-refractivity contribution in [2.75, 3.05) is 25.9 Å². The lowest BCUT2D eigenvalue weighted by Gasteiger charge is -2.19. The molecule has 0 spiro atoms. The van der Waals surface area contributed by atoms with Crippen molar-refractivity contribution in [3.05, 3.63) is 59.2 Å². The summed E-state index contributed by atoms with van der Waals surface area (Å²) < 4.78 is 61.5. The van der Waals surface area contributed by atoms with Crippen LogP contribution in [-0.2, 0) is 24.8 Å². The van der Waals surface area contributed by atoms with Crippen LogP contribution in [0.5, 0.6) is 0 Å². The van der Waals surface area contributed by atoms with Crippen molar-refractivity contribution < 1.29 is 31.6 Å². The lowest BCUT2D eigenvalue weighted by Crippen LogP contribution is -2.37. The first-order valence-electron chi connectivity index (χ1n) is 11.1. The second-order valence-corrected chi connectivity index (χ2v) is 10.0. The summed E-state index contributed by atoms with van der Waals surface area (Å²) in [5.41, 5.74) is 4.08. The molecule has 3 rings (SSSR count). The highest BCUT2D eigenvalue weighted by molar-refractivity contribution is 7.53. The van der Waals surface area contributed by atoms with Crippen LogP contribution >= 0.6 is 7.60 Å². The molecule has 1 amide bonds. The molecule has 1 aliphatic rings. The van der Waals surface area contributed by atoms with Gasteiger partial charge in [-0.25, -0.2) is 0 Å². The first-order valence-corrected chi connectivity index (χ1v) is 12.9. The highest BCUT2D eigenvalue weighted by Crippen LogP contribution is 2.49. The molecule has 1 aliphatic carbocycles. The standard InChI is InChI=1S/C24H29F3NO4P/c1-3-31-33(30,32-4-2)15-8-7-10-17-11-9-14-19-18-12-5-6-13-20(18)22(21(17)19)23(29)28-16-24(25,26)27/h5-6,9,11-14,22H,3-4,7-8,10,15-16H2,1-2H3,(H,28,29). The number of amides is 1. The molecule has 2 aromatic rings.